The largest absolute Gasteiger partial charge is 0.339 e. The molecule has 1 aliphatic heterocycles. The van der Waals surface area contributed by atoms with Gasteiger partial charge in [0.2, 0.25) is 21.7 Å². The lowest BCUT2D eigenvalue weighted by Gasteiger charge is -2.30. The van der Waals surface area contributed by atoms with E-state index in [2.05, 4.69) is 26.1 Å². The first-order chi connectivity index (χ1) is 13.4. The third-order valence-corrected chi connectivity index (χ3v) is 7.56. The topological polar surface area (TPSA) is 76.3 Å². The molecule has 0 bridgehead atoms. The Bertz CT molecular complexity index is 1090. The van der Waals surface area contributed by atoms with E-state index in [-0.39, 0.29) is 10.8 Å². The SMILES string of the molecule is O=S(=O)(c1ccc(Cl)cc1)N1CCCC(c2nc(-c3ccccc3Br)no2)C1. The minimum absolute atomic E-state index is 0.139. The zero-order valence-electron chi connectivity index (χ0n) is 14.8. The maximum absolute atomic E-state index is 13.0. The van der Waals surface area contributed by atoms with Crippen LogP contribution in [0.5, 0.6) is 0 Å². The molecule has 0 aliphatic carbocycles. The second kappa shape index (κ2) is 7.94. The first kappa shape index (κ1) is 19.6. The molecule has 0 amide bonds. The molecule has 6 nitrogen and oxygen atoms in total. The van der Waals surface area contributed by atoms with Gasteiger partial charge in [-0.15, -0.1) is 0 Å². The van der Waals surface area contributed by atoms with Crippen LogP contribution in [-0.2, 0) is 10.0 Å². The third kappa shape index (κ3) is 3.87. The van der Waals surface area contributed by atoms with Gasteiger partial charge < -0.3 is 4.52 Å². The molecule has 0 saturated carbocycles. The van der Waals surface area contributed by atoms with Gasteiger partial charge in [-0.25, -0.2) is 8.42 Å². The fourth-order valence-corrected chi connectivity index (χ4v) is 5.38. The van der Waals surface area contributed by atoms with E-state index in [0.717, 1.165) is 22.9 Å². The second-order valence-electron chi connectivity index (χ2n) is 6.59. The number of nitrogens with zero attached hydrogens (tertiary/aromatic N) is 3. The van der Waals surface area contributed by atoms with Gasteiger partial charge >= 0.3 is 0 Å². The number of benzene rings is 2. The van der Waals surface area contributed by atoms with Gasteiger partial charge in [0.15, 0.2) is 0 Å². The van der Waals surface area contributed by atoms with Crippen LogP contribution in [0.4, 0.5) is 0 Å². The second-order valence-corrected chi connectivity index (χ2v) is 9.82. The highest BCUT2D eigenvalue weighted by atomic mass is 79.9. The van der Waals surface area contributed by atoms with E-state index in [0.29, 0.717) is 29.8 Å². The Labute approximate surface area is 176 Å². The van der Waals surface area contributed by atoms with Crippen molar-refractivity contribution >= 4 is 37.6 Å². The average Bonchev–Trinajstić information content (AvgIpc) is 3.19. The van der Waals surface area contributed by atoms with Crippen molar-refractivity contribution in [3.05, 3.63) is 63.9 Å². The number of aromatic nitrogens is 2. The van der Waals surface area contributed by atoms with E-state index < -0.39 is 10.0 Å². The molecule has 4 rings (SSSR count). The minimum Gasteiger partial charge on any atom is -0.339 e. The lowest BCUT2D eigenvalue weighted by Crippen LogP contribution is -2.39. The van der Waals surface area contributed by atoms with Crippen LogP contribution >= 0.6 is 27.5 Å². The Morgan fingerprint density at radius 2 is 1.89 bits per heavy atom. The predicted octanol–water partition coefficient (Wildman–Crippen LogP) is 4.72. The van der Waals surface area contributed by atoms with Crippen LogP contribution in [0, 0.1) is 0 Å². The molecule has 9 heteroatoms. The van der Waals surface area contributed by atoms with E-state index >= 15 is 0 Å². The number of rotatable bonds is 4. The smallest absolute Gasteiger partial charge is 0.243 e. The van der Waals surface area contributed by atoms with Crippen LogP contribution in [0.15, 0.2) is 62.4 Å². The van der Waals surface area contributed by atoms with Gasteiger partial charge in [0.25, 0.3) is 0 Å². The van der Waals surface area contributed by atoms with Crippen molar-refractivity contribution in [3.63, 3.8) is 0 Å². The van der Waals surface area contributed by atoms with Crippen LogP contribution in [0.2, 0.25) is 5.02 Å². The summed E-state index contributed by atoms with van der Waals surface area (Å²) in [6.07, 6.45) is 1.52. The predicted molar refractivity (Wildman–Crippen MR) is 110 cm³/mol. The summed E-state index contributed by atoms with van der Waals surface area (Å²) in [7, 11) is -3.59. The summed E-state index contributed by atoms with van der Waals surface area (Å²) < 4.78 is 33.7. The van der Waals surface area contributed by atoms with Crippen molar-refractivity contribution in [1.82, 2.24) is 14.4 Å². The Morgan fingerprint density at radius 3 is 2.64 bits per heavy atom. The summed E-state index contributed by atoms with van der Waals surface area (Å²) in [6.45, 7) is 0.773. The van der Waals surface area contributed by atoms with Crippen molar-refractivity contribution in [2.45, 2.75) is 23.7 Å². The fraction of sp³-hybridized carbons (Fsp3) is 0.263. The minimum atomic E-state index is -3.59. The van der Waals surface area contributed by atoms with Gasteiger partial charge in [0.05, 0.1) is 10.8 Å². The molecule has 1 unspecified atom stereocenters. The van der Waals surface area contributed by atoms with Gasteiger partial charge in [-0.1, -0.05) is 44.8 Å². The molecule has 1 aliphatic rings. The monoisotopic (exact) mass is 481 g/mol. The quantitative estimate of drug-likeness (QED) is 0.538. The highest BCUT2D eigenvalue weighted by Crippen LogP contribution is 2.32. The Hall–Kier alpha value is -1.74. The van der Waals surface area contributed by atoms with Gasteiger partial charge in [-0.05, 0) is 49.2 Å². The normalized spacial score (nSPS) is 18.3. The maximum atomic E-state index is 13.0. The van der Waals surface area contributed by atoms with E-state index in [1.54, 1.807) is 12.1 Å². The Morgan fingerprint density at radius 1 is 1.14 bits per heavy atom. The fourth-order valence-electron chi connectivity index (χ4n) is 3.27. The first-order valence-electron chi connectivity index (χ1n) is 8.79. The van der Waals surface area contributed by atoms with E-state index in [1.807, 2.05) is 24.3 Å². The van der Waals surface area contributed by atoms with Crippen LogP contribution in [0.25, 0.3) is 11.4 Å². The summed E-state index contributed by atoms with van der Waals surface area (Å²) in [5, 5.41) is 4.58. The lowest BCUT2D eigenvalue weighted by atomic mass is 10.00. The van der Waals surface area contributed by atoms with Crippen molar-refractivity contribution in [2.75, 3.05) is 13.1 Å². The number of halogens is 2. The zero-order valence-corrected chi connectivity index (χ0v) is 17.9. The van der Waals surface area contributed by atoms with Gasteiger partial charge in [0.1, 0.15) is 0 Å². The standard InChI is InChI=1S/C19H17BrClN3O3S/c20-17-6-2-1-5-16(17)18-22-19(27-23-18)13-4-3-11-24(12-13)28(25,26)15-9-7-14(21)8-10-15/h1-2,5-10,13H,3-4,11-12H2. The maximum Gasteiger partial charge on any atom is 0.243 e. The van der Waals surface area contributed by atoms with Crippen LogP contribution in [0.3, 0.4) is 0 Å². The molecule has 1 aromatic heterocycles. The summed E-state index contributed by atoms with van der Waals surface area (Å²) in [4.78, 5) is 4.75. The molecule has 0 spiro atoms. The molecular formula is C19H17BrClN3O3S. The average molecular weight is 483 g/mol. The summed E-state index contributed by atoms with van der Waals surface area (Å²) in [5.41, 5.74) is 0.832. The van der Waals surface area contributed by atoms with Crippen molar-refractivity contribution in [1.29, 1.82) is 0 Å². The van der Waals surface area contributed by atoms with Crippen LogP contribution in [-0.4, -0.2) is 36.0 Å². The summed E-state index contributed by atoms with van der Waals surface area (Å²) >= 11 is 9.36. The molecule has 146 valence electrons. The molecule has 3 aromatic rings. The van der Waals surface area contributed by atoms with Crippen LogP contribution in [0.1, 0.15) is 24.7 Å². The number of hydrogen-bond acceptors (Lipinski definition) is 5. The highest BCUT2D eigenvalue weighted by Gasteiger charge is 2.33. The number of piperidine rings is 1. The molecule has 28 heavy (non-hydrogen) atoms. The lowest BCUT2D eigenvalue weighted by molar-refractivity contribution is 0.265. The molecule has 2 heterocycles. The summed E-state index contributed by atoms with van der Waals surface area (Å²) in [5.74, 6) is 0.807. The number of sulfonamides is 1. The molecule has 1 saturated heterocycles. The van der Waals surface area contributed by atoms with Crippen LogP contribution < -0.4 is 0 Å². The van der Waals surface area contributed by atoms with Gasteiger partial charge in [-0.3, -0.25) is 0 Å². The van der Waals surface area contributed by atoms with E-state index in [9.17, 15) is 8.42 Å². The molecular weight excluding hydrogens is 466 g/mol. The Balaban J connectivity index is 1.56. The van der Waals surface area contributed by atoms with Gasteiger partial charge in [0, 0.05) is 28.1 Å². The van der Waals surface area contributed by atoms with E-state index in [1.165, 1.54) is 16.4 Å². The Kier molecular flexibility index (Phi) is 5.55. The number of hydrogen-bond donors (Lipinski definition) is 0. The van der Waals surface area contributed by atoms with Gasteiger partial charge in [-0.2, -0.15) is 9.29 Å². The molecule has 0 radical (unpaired) electrons. The highest BCUT2D eigenvalue weighted by molar-refractivity contribution is 9.10. The molecule has 1 fully saturated rings. The van der Waals surface area contributed by atoms with E-state index in [4.69, 9.17) is 16.1 Å². The first-order valence-corrected chi connectivity index (χ1v) is 11.4. The zero-order chi connectivity index (χ0) is 19.7. The van der Waals surface area contributed by atoms with Crippen molar-refractivity contribution in [2.24, 2.45) is 0 Å². The van der Waals surface area contributed by atoms with Crippen molar-refractivity contribution < 1.29 is 12.9 Å². The molecule has 2 aromatic carbocycles. The third-order valence-electron chi connectivity index (χ3n) is 4.74. The summed E-state index contributed by atoms with van der Waals surface area (Å²) in [6, 6.07) is 13.8. The molecule has 1 atom stereocenters. The van der Waals surface area contributed by atoms with Crippen molar-refractivity contribution in [3.8, 4) is 11.4 Å². The molecule has 0 N–H and O–H groups in total.